The smallest absolute Gasteiger partial charge is 0.233 e. The van der Waals surface area contributed by atoms with E-state index in [4.69, 9.17) is 4.74 Å². The second-order valence-corrected chi connectivity index (χ2v) is 8.69. The van der Waals surface area contributed by atoms with E-state index >= 15 is 0 Å². The van der Waals surface area contributed by atoms with Crippen molar-refractivity contribution in [2.24, 2.45) is 7.05 Å². The van der Waals surface area contributed by atoms with Crippen molar-refractivity contribution in [2.45, 2.75) is 32.5 Å². The van der Waals surface area contributed by atoms with Gasteiger partial charge in [-0.3, -0.25) is 4.79 Å². The molecule has 3 aromatic rings. The number of amides is 1. The number of hydrogen-bond acceptors (Lipinski definition) is 6. The standard InChI is InChI=1S/C25H32FN5O2S/c1-6-30(7-2)20-12-10-19(11-13-20)24-27-28-25(29(24)4)34-17-23(32)31(8-3)16-18-9-14-22(33-5)21(26)15-18/h9-15H,6-8,16-17H2,1-5H3. The van der Waals surface area contributed by atoms with Crippen LogP contribution in [0.25, 0.3) is 11.4 Å². The minimum Gasteiger partial charge on any atom is -0.494 e. The maximum atomic E-state index is 14.0. The molecular formula is C25H32FN5O2S. The first-order chi connectivity index (χ1) is 16.4. The maximum absolute atomic E-state index is 14.0. The molecule has 0 spiro atoms. The van der Waals surface area contributed by atoms with Crippen LogP contribution in [0, 0.1) is 5.82 Å². The van der Waals surface area contributed by atoms with E-state index in [1.54, 1.807) is 17.0 Å². The van der Waals surface area contributed by atoms with Crippen LogP contribution in [0.1, 0.15) is 26.3 Å². The monoisotopic (exact) mass is 485 g/mol. The number of hydrogen-bond donors (Lipinski definition) is 0. The highest BCUT2D eigenvalue weighted by atomic mass is 32.2. The van der Waals surface area contributed by atoms with Crippen LogP contribution in [0.5, 0.6) is 5.75 Å². The van der Waals surface area contributed by atoms with E-state index in [2.05, 4.69) is 41.1 Å². The molecule has 0 N–H and O–H groups in total. The molecule has 0 fully saturated rings. The van der Waals surface area contributed by atoms with Gasteiger partial charge in [-0.2, -0.15) is 0 Å². The summed E-state index contributed by atoms with van der Waals surface area (Å²) < 4.78 is 20.9. The number of ether oxygens (including phenoxy) is 1. The second kappa shape index (κ2) is 11.9. The van der Waals surface area contributed by atoms with Crippen LogP contribution in [-0.4, -0.2) is 58.1 Å². The Kier molecular flexibility index (Phi) is 8.92. The Morgan fingerprint density at radius 3 is 2.35 bits per heavy atom. The van der Waals surface area contributed by atoms with E-state index in [0.29, 0.717) is 23.8 Å². The maximum Gasteiger partial charge on any atom is 0.233 e. The average Bonchev–Trinajstić information content (AvgIpc) is 3.22. The van der Waals surface area contributed by atoms with Gasteiger partial charge in [-0.05, 0) is 62.7 Å². The molecule has 0 saturated carbocycles. The van der Waals surface area contributed by atoms with Gasteiger partial charge in [0, 0.05) is 44.5 Å². The van der Waals surface area contributed by atoms with Crippen molar-refractivity contribution in [1.82, 2.24) is 19.7 Å². The Hall–Kier alpha value is -3.07. The third-order valence-corrected chi connectivity index (χ3v) is 6.74. The van der Waals surface area contributed by atoms with Crippen molar-refractivity contribution in [3.8, 4) is 17.1 Å². The van der Waals surface area contributed by atoms with Crippen LogP contribution in [0.4, 0.5) is 10.1 Å². The predicted molar refractivity (Wildman–Crippen MR) is 135 cm³/mol. The normalized spacial score (nSPS) is 10.9. The van der Waals surface area contributed by atoms with E-state index < -0.39 is 5.82 Å². The van der Waals surface area contributed by atoms with Gasteiger partial charge in [0.1, 0.15) is 0 Å². The lowest BCUT2D eigenvalue weighted by atomic mass is 10.2. The zero-order chi connectivity index (χ0) is 24.7. The Morgan fingerprint density at radius 2 is 1.76 bits per heavy atom. The highest BCUT2D eigenvalue weighted by Crippen LogP contribution is 2.25. The van der Waals surface area contributed by atoms with E-state index in [1.165, 1.54) is 30.6 Å². The number of nitrogens with zero attached hydrogens (tertiary/aromatic N) is 5. The average molecular weight is 486 g/mol. The lowest BCUT2D eigenvalue weighted by molar-refractivity contribution is -0.128. The van der Waals surface area contributed by atoms with Crippen molar-refractivity contribution < 1.29 is 13.9 Å². The summed E-state index contributed by atoms with van der Waals surface area (Å²) in [5.41, 5.74) is 2.86. The number of methoxy groups -OCH3 is 1. The molecule has 1 amide bonds. The van der Waals surface area contributed by atoms with Crippen LogP contribution >= 0.6 is 11.8 Å². The molecule has 0 bridgehead atoms. The minimum atomic E-state index is -0.436. The summed E-state index contributed by atoms with van der Waals surface area (Å²) >= 11 is 1.35. The van der Waals surface area contributed by atoms with Crippen molar-refractivity contribution in [3.05, 3.63) is 53.8 Å². The first-order valence-electron chi connectivity index (χ1n) is 11.4. The molecule has 34 heavy (non-hydrogen) atoms. The van der Waals surface area contributed by atoms with E-state index in [0.717, 1.165) is 24.5 Å². The molecule has 0 aliphatic heterocycles. The van der Waals surface area contributed by atoms with E-state index in [-0.39, 0.29) is 17.4 Å². The minimum absolute atomic E-state index is 0.0446. The molecule has 0 unspecified atom stereocenters. The number of rotatable bonds is 11. The van der Waals surface area contributed by atoms with Gasteiger partial charge in [-0.25, -0.2) is 4.39 Å². The van der Waals surface area contributed by atoms with Gasteiger partial charge >= 0.3 is 0 Å². The number of halogens is 1. The zero-order valence-electron chi connectivity index (χ0n) is 20.4. The number of carbonyl (C=O) groups is 1. The third kappa shape index (κ3) is 5.88. The highest BCUT2D eigenvalue weighted by Gasteiger charge is 2.17. The lowest BCUT2D eigenvalue weighted by Crippen LogP contribution is -2.31. The molecular weight excluding hydrogens is 453 g/mol. The fourth-order valence-electron chi connectivity index (χ4n) is 3.72. The molecule has 2 aromatic carbocycles. The van der Waals surface area contributed by atoms with Gasteiger partial charge in [0.15, 0.2) is 22.5 Å². The molecule has 182 valence electrons. The van der Waals surface area contributed by atoms with Gasteiger partial charge in [0.25, 0.3) is 0 Å². The van der Waals surface area contributed by atoms with Gasteiger partial charge in [-0.1, -0.05) is 17.8 Å². The van der Waals surface area contributed by atoms with E-state index in [1.807, 2.05) is 30.7 Å². The van der Waals surface area contributed by atoms with Crippen LogP contribution in [0.3, 0.4) is 0 Å². The summed E-state index contributed by atoms with van der Waals surface area (Å²) in [4.78, 5) is 16.8. The van der Waals surface area contributed by atoms with Crippen LogP contribution in [0.2, 0.25) is 0 Å². The van der Waals surface area contributed by atoms with Gasteiger partial charge in [0.2, 0.25) is 5.91 Å². The van der Waals surface area contributed by atoms with E-state index in [9.17, 15) is 9.18 Å². The summed E-state index contributed by atoms with van der Waals surface area (Å²) in [6.45, 7) is 8.95. The molecule has 1 heterocycles. The first kappa shape index (κ1) is 25.6. The highest BCUT2D eigenvalue weighted by molar-refractivity contribution is 7.99. The Labute approximate surface area is 204 Å². The zero-order valence-corrected chi connectivity index (χ0v) is 21.2. The summed E-state index contributed by atoms with van der Waals surface area (Å²) in [6, 6.07) is 13.0. The fourth-order valence-corrected chi connectivity index (χ4v) is 4.54. The molecule has 9 heteroatoms. The van der Waals surface area contributed by atoms with Crippen LogP contribution < -0.4 is 9.64 Å². The predicted octanol–water partition coefficient (Wildman–Crippen LogP) is 4.62. The first-order valence-corrected chi connectivity index (χ1v) is 12.4. The number of aromatic nitrogens is 3. The molecule has 0 radical (unpaired) electrons. The Morgan fingerprint density at radius 1 is 1.06 bits per heavy atom. The molecule has 7 nitrogen and oxygen atoms in total. The molecule has 1 aromatic heterocycles. The van der Waals surface area contributed by atoms with Crippen molar-refractivity contribution in [3.63, 3.8) is 0 Å². The molecule has 0 aliphatic carbocycles. The summed E-state index contributed by atoms with van der Waals surface area (Å²) in [7, 11) is 3.33. The second-order valence-electron chi connectivity index (χ2n) is 7.75. The SMILES string of the molecule is CCN(Cc1ccc(OC)c(F)c1)C(=O)CSc1nnc(-c2ccc(N(CC)CC)cc2)n1C. The van der Waals surface area contributed by atoms with Crippen molar-refractivity contribution in [2.75, 3.05) is 37.4 Å². The summed E-state index contributed by atoms with van der Waals surface area (Å²) in [5, 5.41) is 9.29. The molecule has 3 rings (SSSR count). The number of benzene rings is 2. The Bertz CT molecular complexity index is 1100. The van der Waals surface area contributed by atoms with Crippen molar-refractivity contribution >= 4 is 23.4 Å². The Balaban J connectivity index is 1.64. The molecule has 0 aliphatic rings. The van der Waals surface area contributed by atoms with Crippen LogP contribution in [-0.2, 0) is 18.4 Å². The quantitative estimate of drug-likeness (QED) is 0.370. The third-order valence-electron chi connectivity index (χ3n) is 5.74. The number of anilines is 1. The van der Waals surface area contributed by atoms with Gasteiger partial charge < -0.3 is 19.1 Å². The van der Waals surface area contributed by atoms with Crippen molar-refractivity contribution in [1.29, 1.82) is 0 Å². The molecule has 0 atom stereocenters. The number of carbonyl (C=O) groups excluding carboxylic acids is 1. The summed E-state index contributed by atoms with van der Waals surface area (Å²) in [6.07, 6.45) is 0. The fraction of sp³-hybridized carbons (Fsp3) is 0.400. The number of thioether (sulfide) groups is 1. The molecule has 0 saturated heterocycles. The van der Waals surface area contributed by atoms with Gasteiger partial charge in [-0.15, -0.1) is 10.2 Å². The topological polar surface area (TPSA) is 63.5 Å². The van der Waals surface area contributed by atoms with Crippen LogP contribution in [0.15, 0.2) is 47.6 Å². The lowest BCUT2D eigenvalue weighted by Gasteiger charge is -2.21. The summed E-state index contributed by atoms with van der Waals surface area (Å²) in [5.74, 6) is 0.683. The largest absolute Gasteiger partial charge is 0.494 e. The van der Waals surface area contributed by atoms with Gasteiger partial charge in [0.05, 0.1) is 12.9 Å².